The summed E-state index contributed by atoms with van der Waals surface area (Å²) in [6.45, 7) is 1.68. The van der Waals surface area contributed by atoms with E-state index in [-0.39, 0.29) is 6.61 Å². The van der Waals surface area contributed by atoms with Crippen LogP contribution in [0.1, 0.15) is 13.3 Å². The quantitative estimate of drug-likeness (QED) is 0.432. The zero-order valence-electron chi connectivity index (χ0n) is 7.36. The van der Waals surface area contributed by atoms with E-state index in [4.69, 9.17) is 4.89 Å². The fourth-order valence-corrected chi connectivity index (χ4v) is 2.40. The van der Waals surface area contributed by atoms with Gasteiger partial charge in [-0.15, -0.1) is 0 Å². The Morgan fingerprint density at radius 1 is 1.29 bits per heavy atom. The first-order valence-corrected chi connectivity index (χ1v) is 6.40. The van der Waals surface area contributed by atoms with E-state index in [0.717, 1.165) is 0 Å². The molecule has 0 saturated heterocycles. The van der Waals surface area contributed by atoms with Gasteiger partial charge in [-0.1, -0.05) is 6.92 Å². The highest BCUT2D eigenvalue weighted by molar-refractivity contribution is 7.61. The lowest BCUT2D eigenvalue weighted by atomic mass is 10.5. The standard InChI is InChI=1S/C3H12N2O7P2/c1-2-3-9-14(8,11-5)12-13(6,7)10-4/h2-5H2,1H3,(H,6,7). The van der Waals surface area contributed by atoms with Gasteiger partial charge in [-0.2, -0.15) is 4.31 Å². The molecule has 0 heterocycles. The lowest BCUT2D eigenvalue weighted by Crippen LogP contribution is -2.06. The van der Waals surface area contributed by atoms with Crippen LogP contribution in [0.3, 0.4) is 0 Å². The molecule has 0 aliphatic heterocycles. The second-order valence-corrected chi connectivity index (χ2v) is 5.21. The highest BCUT2D eigenvalue weighted by Gasteiger charge is 2.37. The number of nitrogens with two attached hydrogens (primary N) is 2. The van der Waals surface area contributed by atoms with Gasteiger partial charge in [-0.05, 0) is 6.42 Å². The summed E-state index contributed by atoms with van der Waals surface area (Å²) < 4.78 is 37.8. The van der Waals surface area contributed by atoms with Crippen LogP contribution in [0.25, 0.3) is 0 Å². The molecule has 2 atom stereocenters. The topological polar surface area (TPSA) is 143 Å². The molecule has 0 fully saturated rings. The summed E-state index contributed by atoms with van der Waals surface area (Å²) in [6, 6.07) is 0. The van der Waals surface area contributed by atoms with Crippen LogP contribution in [0.4, 0.5) is 0 Å². The minimum Gasteiger partial charge on any atom is -0.301 e. The second-order valence-electron chi connectivity index (χ2n) is 2.04. The molecule has 0 bridgehead atoms. The van der Waals surface area contributed by atoms with E-state index < -0.39 is 15.6 Å². The van der Waals surface area contributed by atoms with E-state index >= 15 is 0 Å². The predicted molar refractivity (Wildman–Crippen MR) is 45.3 cm³/mol. The summed E-state index contributed by atoms with van der Waals surface area (Å²) in [7, 11) is -8.96. The summed E-state index contributed by atoms with van der Waals surface area (Å²) in [5.41, 5.74) is 0. The normalized spacial score (nSPS) is 20.0. The molecule has 14 heavy (non-hydrogen) atoms. The Morgan fingerprint density at radius 3 is 2.21 bits per heavy atom. The molecule has 0 aromatic carbocycles. The molecule has 11 heteroatoms. The van der Waals surface area contributed by atoms with E-state index in [1.807, 2.05) is 0 Å². The van der Waals surface area contributed by atoms with Crippen molar-refractivity contribution in [2.45, 2.75) is 13.3 Å². The summed E-state index contributed by atoms with van der Waals surface area (Å²) in [5.74, 6) is 8.95. The molecule has 0 aromatic rings. The Bertz CT molecular complexity index is 257. The molecule has 5 N–H and O–H groups in total. The van der Waals surface area contributed by atoms with Crippen molar-refractivity contribution in [3.8, 4) is 0 Å². The van der Waals surface area contributed by atoms with Crippen LogP contribution in [0.15, 0.2) is 0 Å². The van der Waals surface area contributed by atoms with Crippen molar-refractivity contribution in [2.24, 2.45) is 11.8 Å². The second kappa shape index (κ2) is 5.92. The fraction of sp³-hybridized carbons (Fsp3) is 1.00. The molecule has 0 radical (unpaired) electrons. The monoisotopic (exact) mass is 250 g/mol. The van der Waals surface area contributed by atoms with E-state index in [1.165, 1.54) is 0 Å². The third-order valence-corrected chi connectivity index (χ3v) is 3.57. The molecule has 9 nitrogen and oxygen atoms in total. The molecule has 0 aromatic heterocycles. The first-order valence-electron chi connectivity index (χ1n) is 3.45. The van der Waals surface area contributed by atoms with Crippen molar-refractivity contribution >= 4 is 15.6 Å². The van der Waals surface area contributed by atoms with Crippen LogP contribution >= 0.6 is 15.6 Å². The van der Waals surface area contributed by atoms with Crippen molar-refractivity contribution in [1.29, 1.82) is 0 Å². The van der Waals surface area contributed by atoms with E-state index in [0.29, 0.717) is 6.42 Å². The maximum Gasteiger partial charge on any atom is 0.500 e. The smallest absolute Gasteiger partial charge is 0.301 e. The number of hydrogen-bond acceptors (Lipinski definition) is 8. The molecule has 2 unspecified atom stereocenters. The van der Waals surface area contributed by atoms with Gasteiger partial charge in [0, 0.05) is 0 Å². The molecule has 0 aliphatic carbocycles. The van der Waals surface area contributed by atoms with Crippen LogP contribution in [0.2, 0.25) is 0 Å². The molecule has 86 valence electrons. The molecule has 0 aliphatic rings. The minimum absolute atomic E-state index is 0.0287. The number of hydrogen-bond donors (Lipinski definition) is 3. The van der Waals surface area contributed by atoms with Gasteiger partial charge >= 0.3 is 15.6 Å². The Kier molecular flexibility index (Phi) is 5.99. The average molecular weight is 250 g/mol. The van der Waals surface area contributed by atoms with Crippen LogP contribution in [-0.4, -0.2) is 11.5 Å². The zero-order valence-corrected chi connectivity index (χ0v) is 9.15. The van der Waals surface area contributed by atoms with Gasteiger partial charge < -0.3 is 4.89 Å². The highest BCUT2D eigenvalue weighted by atomic mass is 31.3. The molecular weight excluding hydrogens is 238 g/mol. The Balaban J connectivity index is 4.40. The van der Waals surface area contributed by atoms with Gasteiger partial charge in [0.2, 0.25) is 0 Å². The number of phosphoric acid groups is 2. The fourth-order valence-electron chi connectivity index (χ4n) is 0.422. The van der Waals surface area contributed by atoms with Gasteiger partial charge in [-0.25, -0.2) is 30.2 Å². The summed E-state index contributed by atoms with van der Waals surface area (Å²) in [5, 5.41) is 0. The van der Waals surface area contributed by atoms with E-state index in [2.05, 4.69) is 29.9 Å². The van der Waals surface area contributed by atoms with Gasteiger partial charge in [0.25, 0.3) is 0 Å². The number of rotatable bonds is 7. The van der Waals surface area contributed by atoms with Crippen molar-refractivity contribution in [3.63, 3.8) is 0 Å². The Labute approximate surface area is 80.4 Å². The van der Waals surface area contributed by atoms with E-state index in [1.54, 1.807) is 6.92 Å². The van der Waals surface area contributed by atoms with Gasteiger partial charge in [-0.3, -0.25) is 4.52 Å². The van der Waals surface area contributed by atoms with Crippen molar-refractivity contribution in [3.05, 3.63) is 0 Å². The zero-order chi connectivity index (χ0) is 11.2. The summed E-state index contributed by atoms with van der Waals surface area (Å²) in [6.07, 6.45) is 0.482. The highest BCUT2D eigenvalue weighted by Crippen LogP contribution is 2.61. The van der Waals surface area contributed by atoms with Crippen LogP contribution in [0, 0.1) is 0 Å². The van der Waals surface area contributed by atoms with Crippen molar-refractivity contribution < 1.29 is 32.1 Å². The SMILES string of the molecule is CCCOP(=O)(ON)OP(=O)(O)ON. The largest absolute Gasteiger partial charge is 0.500 e. The molecule has 0 saturated carbocycles. The Morgan fingerprint density at radius 2 is 1.86 bits per heavy atom. The minimum atomic E-state index is -4.67. The molecular formula is C3H12N2O7P2. The van der Waals surface area contributed by atoms with Gasteiger partial charge in [0.05, 0.1) is 6.61 Å². The molecule has 0 spiro atoms. The lowest BCUT2D eigenvalue weighted by molar-refractivity contribution is 0.128. The summed E-state index contributed by atoms with van der Waals surface area (Å²) in [4.78, 5) is 8.69. The predicted octanol–water partition coefficient (Wildman–Crippen LogP) is 0.419. The molecule has 0 rings (SSSR count). The first kappa shape index (κ1) is 14.2. The van der Waals surface area contributed by atoms with Gasteiger partial charge in [0.15, 0.2) is 0 Å². The van der Waals surface area contributed by atoms with Crippen LogP contribution in [0.5, 0.6) is 0 Å². The van der Waals surface area contributed by atoms with Crippen LogP contribution < -0.4 is 11.8 Å². The first-order chi connectivity index (χ1) is 6.39. The third-order valence-electron chi connectivity index (χ3n) is 0.919. The maximum atomic E-state index is 11.3. The van der Waals surface area contributed by atoms with Gasteiger partial charge in [0.1, 0.15) is 0 Å². The Hall–Kier alpha value is 0.180. The van der Waals surface area contributed by atoms with E-state index in [9.17, 15) is 9.13 Å². The molecule has 0 amide bonds. The third kappa shape index (κ3) is 5.16. The van der Waals surface area contributed by atoms with Crippen molar-refractivity contribution in [2.75, 3.05) is 6.61 Å². The van der Waals surface area contributed by atoms with Crippen LogP contribution in [-0.2, 0) is 27.2 Å². The van der Waals surface area contributed by atoms with Crippen molar-refractivity contribution in [1.82, 2.24) is 0 Å². The lowest BCUT2D eigenvalue weighted by Gasteiger charge is -2.15. The average Bonchev–Trinajstić information content (AvgIpc) is 2.14. The maximum absolute atomic E-state index is 11.3. The summed E-state index contributed by atoms with van der Waals surface area (Å²) >= 11 is 0.